The van der Waals surface area contributed by atoms with Crippen molar-refractivity contribution in [2.75, 3.05) is 0 Å². The summed E-state index contributed by atoms with van der Waals surface area (Å²) in [6.45, 7) is 2.12. The van der Waals surface area contributed by atoms with Gasteiger partial charge in [-0.15, -0.1) is 0 Å². The number of allylic oxidation sites excluding steroid dienone is 12. The van der Waals surface area contributed by atoms with Crippen LogP contribution in [0.4, 0.5) is 0 Å². The highest BCUT2D eigenvalue weighted by Crippen LogP contribution is 2.32. The monoisotopic (exact) mass is 621 g/mol. The van der Waals surface area contributed by atoms with Crippen molar-refractivity contribution in [3.63, 3.8) is 0 Å². The summed E-state index contributed by atoms with van der Waals surface area (Å²) in [4.78, 5) is 14.6. The Hall–Kier alpha value is -5.67. The Labute approximate surface area is 284 Å². The average Bonchev–Trinajstić information content (AvgIpc) is 3.17. The summed E-state index contributed by atoms with van der Waals surface area (Å²) in [5.41, 5.74) is 14.4. The van der Waals surface area contributed by atoms with Crippen molar-refractivity contribution in [1.82, 2.24) is 0 Å². The number of hydrogen-bond donors (Lipinski definition) is 0. The summed E-state index contributed by atoms with van der Waals surface area (Å²) in [6, 6.07) is 38.3. The predicted molar refractivity (Wildman–Crippen MR) is 204 cm³/mol. The molecule has 0 fully saturated rings. The maximum Gasteiger partial charge on any atom is 0.0643 e. The minimum Gasteiger partial charge on any atom is -0.285 e. The third-order valence-corrected chi connectivity index (χ3v) is 8.81. The lowest BCUT2D eigenvalue weighted by atomic mass is 9.88. The van der Waals surface area contributed by atoms with E-state index in [1.54, 1.807) is 0 Å². The molecule has 0 aromatic heterocycles. The van der Waals surface area contributed by atoms with Gasteiger partial charge in [0.2, 0.25) is 0 Å². The van der Waals surface area contributed by atoms with Gasteiger partial charge in [0.15, 0.2) is 0 Å². The van der Waals surface area contributed by atoms with E-state index in [1.165, 1.54) is 50.1 Å². The molecule has 0 bridgehead atoms. The van der Waals surface area contributed by atoms with E-state index in [4.69, 9.17) is 15.0 Å². The molecule has 4 aromatic carbocycles. The summed E-state index contributed by atoms with van der Waals surface area (Å²) in [7, 11) is 0. The first kappa shape index (κ1) is 31.0. The molecule has 3 heteroatoms. The van der Waals surface area contributed by atoms with Crippen LogP contribution < -0.4 is 0 Å². The van der Waals surface area contributed by atoms with Crippen LogP contribution in [0.25, 0.3) is 16.7 Å². The summed E-state index contributed by atoms with van der Waals surface area (Å²) in [5, 5.41) is 0. The van der Waals surface area contributed by atoms with Gasteiger partial charge in [0.25, 0.3) is 0 Å². The van der Waals surface area contributed by atoms with Crippen LogP contribution in [0.15, 0.2) is 179 Å². The fourth-order valence-electron chi connectivity index (χ4n) is 6.06. The average molecular weight is 622 g/mol. The Morgan fingerprint density at radius 3 is 0.896 bits per heavy atom. The molecule has 234 valence electrons. The van der Waals surface area contributed by atoms with Gasteiger partial charge < -0.3 is 0 Å². The van der Waals surface area contributed by atoms with E-state index >= 15 is 0 Å². The number of benzene rings is 4. The lowest BCUT2D eigenvalue weighted by Crippen LogP contribution is -2.02. The highest BCUT2D eigenvalue weighted by molar-refractivity contribution is 6.04. The predicted octanol–water partition coefficient (Wildman–Crippen LogP) is 10.6. The molecule has 7 rings (SSSR count). The molecule has 0 atom stereocenters. The fourth-order valence-corrected chi connectivity index (χ4v) is 6.06. The van der Waals surface area contributed by atoms with Gasteiger partial charge in [0, 0.05) is 36.4 Å². The van der Waals surface area contributed by atoms with Crippen molar-refractivity contribution in [3.05, 3.63) is 197 Å². The molecule has 0 radical (unpaired) electrons. The Bertz CT molecular complexity index is 1780. The molecule has 0 unspecified atom stereocenters. The highest BCUT2D eigenvalue weighted by atomic mass is 14.7. The highest BCUT2D eigenvalue weighted by Gasteiger charge is 2.14. The van der Waals surface area contributed by atoms with Gasteiger partial charge in [0.1, 0.15) is 0 Å². The molecule has 3 aliphatic carbocycles. The molecule has 0 saturated carbocycles. The van der Waals surface area contributed by atoms with Crippen LogP contribution in [-0.4, -0.2) is 17.1 Å². The van der Waals surface area contributed by atoms with E-state index in [0.717, 1.165) is 36.4 Å². The van der Waals surface area contributed by atoms with E-state index in [0.29, 0.717) is 19.6 Å². The normalized spacial score (nSPS) is 18.2. The third-order valence-electron chi connectivity index (χ3n) is 8.81. The minimum atomic E-state index is 0.706. The number of nitrogens with zero attached hydrogens (tertiary/aromatic N) is 3. The number of rotatable bonds is 9. The first-order chi connectivity index (χ1) is 23.7. The van der Waals surface area contributed by atoms with E-state index in [9.17, 15) is 0 Å². The van der Waals surface area contributed by atoms with Crippen molar-refractivity contribution in [2.24, 2.45) is 15.0 Å². The molecular formula is C45H39N3. The van der Waals surface area contributed by atoms with Gasteiger partial charge in [-0.05, 0) is 86.5 Å². The summed E-state index contributed by atoms with van der Waals surface area (Å²) >= 11 is 0. The second-order valence-electron chi connectivity index (χ2n) is 12.3. The first-order valence-corrected chi connectivity index (χ1v) is 16.8. The van der Waals surface area contributed by atoms with E-state index in [-0.39, 0.29) is 0 Å². The zero-order valence-corrected chi connectivity index (χ0v) is 27.2. The van der Waals surface area contributed by atoms with Crippen molar-refractivity contribution in [2.45, 2.75) is 38.9 Å². The minimum absolute atomic E-state index is 0.706. The quantitative estimate of drug-likeness (QED) is 0.178. The molecule has 3 nitrogen and oxygen atoms in total. The van der Waals surface area contributed by atoms with Gasteiger partial charge in [-0.25, -0.2) is 0 Å². The maximum atomic E-state index is 4.87. The lowest BCUT2D eigenvalue weighted by Gasteiger charge is -2.17. The Balaban J connectivity index is 1.12. The topological polar surface area (TPSA) is 37.1 Å². The van der Waals surface area contributed by atoms with Gasteiger partial charge in [0.05, 0.1) is 19.6 Å². The van der Waals surface area contributed by atoms with Crippen molar-refractivity contribution >= 4 is 33.9 Å². The molecule has 48 heavy (non-hydrogen) atoms. The Morgan fingerprint density at radius 1 is 0.354 bits per heavy atom. The Morgan fingerprint density at radius 2 is 0.646 bits per heavy atom. The third kappa shape index (κ3) is 8.18. The van der Waals surface area contributed by atoms with E-state index in [2.05, 4.69) is 146 Å². The van der Waals surface area contributed by atoms with Crippen LogP contribution in [0.5, 0.6) is 0 Å². The number of aliphatic imine (C=N–C) groups is 3. The number of hydrogen-bond acceptors (Lipinski definition) is 3. The van der Waals surface area contributed by atoms with E-state index < -0.39 is 0 Å². The van der Waals surface area contributed by atoms with Gasteiger partial charge >= 0.3 is 0 Å². The van der Waals surface area contributed by atoms with Crippen LogP contribution in [0.2, 0.25) is 0 Å². The van der Waals surface area contributed by atoms with E-state index in [1.807, 2.05) is 18.2 Å². The zero-order valence-electron chi connectivity index (χ0n) is 27.2. The largest absolute Gasteiger partial charge is 0.285 e. The molecule has 0 spiro atoms. The second-order valence-corrected chi connectivity index (χ2v) is 12.3. The van der Waals surface area contributed by atoms with Crippen LogP contribution >= 0.6 is 0 Å². The molecular weight excluding hydrogens is 583 g/mol. The zero-order chi connectivity index (χ0) is 32.4. The molecule has 0 N–H and O–H groups in total. The molecule has 0 heterocycles. The first-order valence-electron chi connectivity index (χ1n) is 16.8. The molecule has 4 aromatic rings. The molecule has 0 saturated heterocycles. The Kier molecular flexibility index (Phi) is 9.85. The summed E-state index contributed by atoms with van der Waals surface area (Å²) in [6.07, 6.45) is 22.6. The SMILES string of the molecule is C1=CC(=NCc2ccccc2)CC=C1c1cc(C2=CCC(=NCc3ccccc3)C=C2)cc(C2=CCC(=NCc3ccccc3)C=C2)c1. The molecule has 0 amide bonds. The van der Waals surface area contributed by atoms with Crippen LogP contribution in [-0.2, 0) is 19.6 Å². The van der Waals surface area contributed by atoms with Crippen molar-refractivity contribution < 1.29 is 0 Å². The van der Waals surface area contributed by atoms with Crippen LogP contribution in [0, 0.1) is 0 Å². The molecule has 0 aliphatic heterocycles. The fraction of sp³-hybridized carbons (Fsp3) is 0.133. The van der Waals surface area contributed by atoms with Gasteiger partial charge in [-0.1, -0.05) is 127 Å². The van der Waals surface area contributed by atoms with Crippen LogP contribution in [0.1, 0.15) is 52.6 Å². The lowest BCUT2D eigenvalue weighted by molar-refractivity contribution is 1.06. The molecule has 3 aliphatic rings. The van der Waals surface area contributed by atoms with Gasteiger partial charge in [-0.3, -0.25) is 15.0 Å². The summed E-state index contributed by atoms with van der Waals surface area (Å²) < 4.78 is 0. The second kappa shape index (κ2) is 15.3. The smallest absolute Gasteiger partial charge is 0.0643 e. The van der Waals surface area contributed by atoms with Gasteiger partial charge in [-0.2, -0.15) is 0 Å². The van der Waals surface area contributed by atoms with Crippen LogP contribution in [0.3, 0.4) is 0 Å². The van der Waals surface area contributed by atoms with Crippen molar-refractivity contribution in [1.29, 1.82) is 0 Å². The standard InChI is InChI=1S/C45H39N3/c1-4-10-34(11-5-1)31-46-43-22-16-37(17-23-43)40-28-41(38-18-24-44(25-19-38)47-32-35-12-6-2-7-13-35)30-42(29-40)39-20-26-45(27-21-39)48-33-36-14-8-3-9-15-36/h1-22,24,26,28-30H,23,25,27,31-33H2. The maximum absolute atomic E-state index is 4.87. The van der Waals surface area contributed by atoms with Crippen molar-refractivity contribution in [3.8, 4) is 0 Å². The summed E-state index contributed by atoms with van der Waals surface area (Å²) in [5.74, 6) is 0.